The van der Waals surface area contributed by atoms with Crippen LogP contribution in [0, 0.1) is 0 Å². The highest BCUT2D eigenvalue weighted by Gasteiger charge is 2.08. The Morgan fingerprint density at radius 2 is 1.54 bits per heavy atom. The van der Waals surface area contributed by atoms with Gasteiger partial charge in [-0.25, -0.2) is 4.79 Å². The van der Waals surface area contributed by atoms with Crippen molar-refractivity contribution in [1.29, 1.82) is 0 Å². The molecule has 0 fully saturated rings. The lowest BCUT2D eigenvalue weighted by molar-refractivity contribution is -0.120. The molecule has 0 radical (unpaired) electrons. The maximum Gasteiger partial charge on any atom is 0.328 e. The second kappa shape index (κ2) is 6.16. The molecular formula is C8H14N2O3. The molecule has 0 rings (SSSR count). The predicted octanol–water partition coefficient (Wildman–Crippen LogP) is 0.549. The molecule has 0 aliphatic carbocycles. The topological polar surface area (TPSA) is 75.3 Å². The van der Waals surface area contributed by atoms with Crippen molar-refractivity contribution in [3.05, 3.63) is 0 Å². The smallest absolute Gasteiger partial charge is 0.278 e. The van der Waals surface area contributed by atoms with E-state index in [1.165, 1.54) is 0 Å². The van der Waals surface area contributed by atoms with Crippen molar-refractivity contribution in [3.8, 4) is 0 Å². The maximum atomic E-state index is 10.8. The third-order valence-electron chi connectivity index (χ3n) is 1.30. The summed E-state index contributed by atoms with van der Waals surface area (Å²) in [5.41, 5.74) is 0. The molecule has 13 heavy (non-hydrogen) atoms. The third-order valence-corrected chi connectivity index (χ3v) is 1.30. The van der Waals surface area contributed by atoms with Crippen molar-refractivity contribution in [2.24, 2.45) is 0 Å². The molecule has 0 saturated carbocycles. The van der Waals surface area contributed by atoms with E-state index in [-0.39, 0.29) is 18.7 Å². The van der Waals surface area contributed by atoms with Gasteiger partial charge in [0.1, 0.15) is 0 Å². The van der Waals surface area contributed by atoms with Gasteiger partial charge in [-0.3, -0.25) is 20.2 Å². The number of amides is 4. The van der Waals surface area contributed by atoms with Gasteiger partial charge in [0.05, 0.1) is 0 Å². The zero-order chi connectivity index (χ0) is 10.3. The second-order valence-corrected chi connectivity index (χ2v) is 2.53. The van der Waals surface area contributed by atoms with Crippen LogP contribution in [0.5, 0.6) is 0 Å². The minimum atomic E-state index is -0.745. The van der Waals surface area contributed by atoms with E-state index in [0.717, 1.165) is 0 Å². The van der Waals surface area contributed by atoms with Gasteiger partial charge in [-0.2, -0.15) is 0 Å². The predicted molar refractivity (Wildman–Crippen MR) is 46.9 cm³/mol. The van der Waals surface area contributed by atoms with E-state index < -0.39 is 11.9 Å². The summed E-state index contributed by atoms with van der Waals surface area (Å²) in [4.78, 5) is 32.4. The van der Waals surface area contributed by atoms with Gasteiger partial charge >= 0.3 is 6.03 Å². The van der Waals surface area contributed by atoms with Crippen molar-refractivity contribution in [3.63, 3.8) is 0 Å². The van der Waals surface area contributed by atoms with Crippen LogP contribution in [0.2, 0.25) is 0 Å². The number of hydrogen-bond donors (Lipinski definition) is 2. The average molecular weight is 186 g/mol. The Kier molecular flexibility index (Phi) is 5.50. The van der Waals surface area contributed by atoms with E-state index in [1.807, 2.05) is 17.6 Å². The molecule has 4 amide bonds. The first-order valence-corrected chi connectivity index (χ1v) is 4.23. The highest BCUT2D eigenvalue weighted by molar-refractivity contribution is 6.01. The summed E-state index contributed by atoms with van der Waals surface area (Å²) in [6.45, 7) is 3.45. The van der Waals surface area contributed by atoms with Crippen LogP contribution in [-0.4, -0.2) is 17.8 Å². The molecule has 0 heterocycles. The van der Waals surface area contributed by atoms with E-state index in [4.69, 9.17) is 0 Å². The van der Waals surface area contributed by atoms with Crippen LogP contribution in [0.15, 0.2) is 0 Å². The van der Waals surface area contributed by atoms with Crippen LogP contribution in [0.1, 0.15) is 33.1 Å². The first kappa shape index (κ1) is 11.6. The van der Waals surface area contributed by atoms with Crippen LogP contribution in [0.25, 0.3) is 0 Å². The van der Waals surface area contributed by atoms with Gasteiger partial charge < -0.3 is 0 Å². The van der Waals surface area contributed by atoms with E-state index in [9.17, 15) is 14.4 Å². The lowest BCUT2D eigenvalue weighted by atomic mass is 10.3. The largest absolute Gasteiger partial charge is 0.328 e. The molecule has 0 aromatic rings. The number of urea groups is 1. The zero-order valence-electron chi connectivity index (χ0n) is 7.85. The van der Waals surface area contributed by atoms with E-state index >= 15 is 0 Å². The molecule has 0 saturated heterocycles. The summed E-state index contributed by atoms with van der Waals surface area (Å²) in [7, 11) is 0. The molecule has 0 aliphatic rings. The van der Waals surface area contributed by atoms with Crippen LogP contribution in [-0.2, 0) is 9.59 Å². The summed E-state index contributed by atoms with van der Waals surface area (Å²) in [6.07, 6.45) is 1.17. The van der Waals surface area contributed by atoms with Crippen molar-refractivity contribution >= 4 is 17.8 Å². The van der Waals surface area contributed by atoms with Gasteiger partial charge in [0.2, 0.25) is 11.8 Å². The number of carbonyl (C=O) groups is 3. The second-order valence-electron chi connectivity index (χ2n) is 2.53. The number of carbonyl (C=O) groups excluding carboxylic acids is 3. The Hall–Kier alpha value is -1.39. The molecule has 0 atom stereocenters. The van der Waals surface area contributed by atoms with Gasteiger partial charge in [-0.15, -0.1) is 0 Å². The van der Waals surface area contributed by atoms with E-state index in [0.29, 0.717) is 6.42 Å². The molecule has 0 bridgehead atoms. The van der Waals surface area contributed by atoms with Crippen LogP contribution in [0.4, 0.5) is 4.79 Å². The molecule has 2 N–H and O–H groups in total. The Morgan fingerprint density at radius 1 is 1.00 bits per heavy atom. The van der Waals surface area contributed by atoms with Crippen LogP contribution >= 0.6 is 0 Å². The molecule has 0 aromatic carbocycles. The van der Waals surface area contributed by atoms with Gasteiger partial charge in [-0.05, 0) is 6.42 Å². The zero-order valence-corrected chi connectivity index (χ0v) is 7.85. The van der Waals surface area contributed by atoms with E-state index in [1.54, 1.807) is 6.92 Å². The summed E-state index contributed by atoms with van der Waals surface area (Å²) >= 11 is 0. The van der Waals surface area contributed by atoms with Crippen molar-refractivity contribution in [2.75, 3.05) is 0 Å². The molecular weight excluding hydrogens is 172 g/mol. The Bertz CT molecular complexity index is 213. The van der Waals surface area contributed by atoms with Crippen molar-refractivity contribution < 1.29 is 14.4 Å². The maximum absolute atomic E-state index is 10.8. The summed E-state index contributed by atoms with van der Waals surface area (Å²) in [6, 6.07) is -0.745. The fourth-order valence-electron chi connectivity index (χ4n) is 0.662. The molecule has 5 heteroatoms. The fraction of sp³-hybridized carbons (Fsp3) is 0.625. The number of nitrogens with one attached hydrogen (secondary N) is 2. The third kappa shape index (κ3) is 5.84. The van der Waals surface area contributed by atoms with Gasteiger partial charge in [0.15, 0.2) is 0 Å². The SMILES string of the molecule is CCCC(=O)NC(=O)NC(=O)CC. The van der Waals surface area contributed by atoms with Crippen molar-refractivity contribution in [2.45, 2.75) is 33.1 Å². The average Bonchev–Trinajstić information content (AvgIpc) is 2.04. The Balaban J connectivity index is 3.74. The standard InChI is InChI=1S/C8H14N2O3/c1-3-5-7(12)10-8(13)9-6(11)4-2/h3-5H2,1-2H3,(H2,9,10,11,12,13). The van der Waals surface area contributed by atoms with Gasteiger partial charge in [0.25, 0.3) is 0 Å². The van der Waals surface area contributed by atoms with Gasteiger partial charge in [0, 0.05) is 12.8 Å². The molecule has 5 nitrogen and oxygen atoms in total. The van der Waals surface area contributed by atoms with E-state index in [2.05, 4.69) is 0 Å². The normalized spacial score (nSPS) is 9.08. The van der Waals surface area contributed by atoms with Crippen molar-refractivity contribution in [1.82, 2.24) is 10.6 Å². The lowest BCUT2D eigenvalue weighted by Gasteiger charge is -2.02. The molecule has 0 spiro atoms. The summed E-state index contributed by atoms with van der Waals surface area (Å²) < 4.78 is 0. The Labute approximate surface area is 76.9 Å². The van der Waals surface area contributed by atoms with Crippen LogP contribution < -0.4 is 10.6 Å². The summed E-state index contributed by atoms with van der Waals surface area (Å²) in [5, 5.41) is 4.05. The highest BCUT2D eigenvalue weighted by atomic mass is 16.2. The first-order chi connectivity index (χ1) is 6.10. The monoisotopic (exact) mass is 186 g/mol. The number of hydrogen-bond acceptors (Lipinski definition) is 3. The quantitative estimate of drug-likeness (QED) is 0.675. The first-order valence-electron chi connectivity index (χ1n) is 4.23. The minimum absolute atomic E-state index is 0.218. The highest BCUT2D eigenvalue weighted by Crippen LogP contribution is 1.85. The molecule has 0 aliphatic heterocycles. The number of rotatable bonds is 3. The number of imide groups is 2. The molecule has 0 aromatic heterocycles. The summed E-state index contributed by atoms with van der Waals surface area (Å²) in [5.74, 6) is -0.772. The fourth-order valence-corrected chi connectivity index (χ4v) is 0.662. The van der Waals surface area contributed by atoms with Gasteiger partial charge in [-0.1, -0.05) is 13.8 Å². The molecule has 74 valence electrons. The minimum Gasteiger partial charge on any atom is -0.278 e. The Morgan fingerprint density at radius 3 is 2.00 bits per heavy atom. The van der Waals surface area contributed by atoms with Crippen LogP contribution in [0.3, 0.4) is 0 Å². The lowest BCUT2D eigenvalue weighted by Crippen LogP contribution is -2.42. The molecule has 0 unspecified atom stereocenters.